The first-order valence-electron chi connectivity index (χ1n) is 6.42. The van der Waals surface area contributed by atoms with E-state index in [0.29, 0.717) is 12.0 Å². The average Bonchev–Trinajstić information content (AvgIpc) is 2.38. The molecule has 16 heavy (non-hydrogen) atoms. The van der Waals surface area contributed by atoms with E-state index < -0.39 is 18.8 Å². The van der Waals surface area contributed by atoms with Gasteiger partial charge >= 0.3 is 5.97 Å². The minimum Gasteiger partial charge on any atom is -0.462 e. The molecule has 0 amide bonds. The van der Waals surface area contributed by atoms with Crippen molar-refractivity contribution in [2.75, 3.05) is 0 Å². The van der Waals surface area contributed by atoms with E-state index in [1.807, 2.05) is 6.07 Å². The maximum Gasteiger partial charge on any atom is 0.306 e. The van der Waals surface area contributed by atoms with E-state index in [-0.39, 0.29) is 6.10 Å². The summed E-state index contributed by atoms with van der Waals surface area (Å²) in [6.45, 7) is 5.30. The Kier molecular flexibility index (Phi) is 4.12. The van der Waals surface area contributed by atoms with E-state index in [4.69, 9.17) is 7.48 Å². The van der Waals surface area contributed by atoms with Gasteiger partial charge in [-0.05, 0) is 18.9 Å². The first-order chi connectivity index (χ1) is 8.56. The number of carbonyl (C=O) groups is 1. The number of carbonyl (C=O) groups excluding carboxylic acids is 1. The Bertz CT molecular complexity index is 392. The number of benzene rings is 1. The Hall–Kier alpha value is -1.57. The van der Waals surface area contributed by atoms with E-state index >= 15 is 0 Å². The summed E-state index contributed by atoms with van der Waals surface area (Å²) >= 11 is 0. The summed E-state index contributed by atoms with van der Waals surface area (Å²) in [4.78, 5) is 11.7. The average molecular weight is 220 g/mol. The van der Waals surface area contributed by atoms with Crippen molar-refractivity contribution < 1.29 is 12.3 Å². The van der Waals surface area contributed by atoms with Gasteiger partial charge in [0.1, 0.15) is 6.10 Å². The van der Waals surface area contributed by atoms with E-state index in [2.05, 4.69) is 6.58 Å². The van der Waals surface area contributed by atoms with Crippen molar-refractivity contribution in [1.82, 2.24) is 0 Å². The maximum absolute atomic E-state index is 11.7. The third kappa shape index (κ3) is 4.78. The molecule has 0 spiro atoms. The highest BCUT2D eigenvalue weighted by atomic mass is 16.5. The predicted octanol–water partition coefficient (Wildman–Crippen LogP) is 3.13. The third-order valence-corrected chi connectivity index (χ3v) is 2.03. The molecule has 0 bridgehead atoms. The molecular weight excluding hydrogens is 200 g/mol. The van der Waals surface area contributed by atoms with Crippen molar-refractivity contribution in [3.63, 3.8) is 0 Å². The zero-order chi connectivity index (χ0) is 13.5. The highest BCUT2D eigenvalue weighted by Crippen LogP contribution is 2.05. The van der Waals surface area contributed by atoms with Crippen LogP contribution in [0.4, 0.5) is 0 Å². The lowest BCUT2D eigenvalue weighted by atomic mass is 10.1. The Balaban J connectivity index is 2.61. The summed E-state index contributed by atoms with van der Waals surface area (Å²) in [7, 11) is 0. The van der Waals surface area contributed by atoms with Crippen LogP contribution in [0.3, 0.4) is 0 Å². The maximum atomic E-state index is 11.7. The highest BCUT2D eigenvalue weighted by molar-refractivity contribution is 5.69. The fourth-order valence-corrected chi connectivity index (χ4v) is 1.25. The van der Waals surface area contributed by atoms with Crippen molar-refractivity contribution in [1.29, 1.82) is 0 Å². The molecule has 0 saturated heterocycles. The van der Waals surface area contributed by atoms with Gasteiger partial charge in [0, 0.05) is 15.6 Å². The summed E-state index contributed by atoms with van der Waals surface area (Å²) in [6.07, 6.45) is -0.237. The van der Waals surface area contributed by atoms with Crippen LogP contribution in [0.25, 0.3) is 0 Å². The first-order valence-corrected chi connectivity index (χ1v) is 5.27. The number of hydrogen-bond donors (Lipinski definition) is 0. The molecule has 0 heterocycles. The van der Waals surface area contributed by atoms with Crippen LogP contribution in [0, 0.1) is 0 Å². The van der Waals surface area contributed by atoms with Gasteiger partial charge in [0.05, 0.1) is 0 Å². The molecule has 2 nitrogen and oxygen atoms in total. The minimum atomic E-state index is -1.22. The van der Waals surface area contributed by atoms with Gasteiger partial charge in [-0.1, -0.05) is 36.4 Å². The Morgan fingerprint density at radius 3 is 2.88 bits per heavy atom. The SMILES string of the molecule is [2H]C(C(=O)OC(C)CC=C)C([2H])c1ccccc1. The van der Waals surface area contributed by atoms with Crippen LogP contribution in [0.15, 0.2) is 43.0 Å². The molecule has 3 unspecified atom stereocenters. The topological polar surface area (TPSA) is 26.3 Å². The molecule has 0 aliphatic carbocycles. The number of hydrogen-bond acceptors (Lipinski definition) is 2. The fraction of sp³-hybridized carbons (Fsp3) is 0.357. The monoisotopic (exact) mass is 220 g/mol. The van der Waals surface area contributed by atoms with Crippen LogP contribution in [0.1, 0.15) is 28.0 Å². The van der Waals surface area contributed by atoms with E-state index in [0.717, 1.165) is 0 Å². The molecule has 0 aliphatic rings. The van der Waals surface area contributed by atoms with Gasteiger partial charge in [-0.2, -0.15) is 0 Å². The summed E-state index contributed by atoms with van der Waals surface area (Å²) in [6, 6.07) is 8.88. The molecule has 0 radical (unpaired) electrons. The lowest BCUT2D eigenvalue weighted by Crippen LogP contribution is -2.14. The van der Waals surface area contributed by atoms with E-state index in [1.54, 1.807) is 37.3 Å². The number of rotatable bonds is 6. The zero-order valence-corrected chi connectivity index (χ0v) is 9.43. The first kappa shape index (κ1) is 9.64. The van der Waals surface area contributed by atoms with Crippen molar-refractivity contribution in [3.05, 3.63) is 48.6 Å². The Morgan fingerprint density at radius 1 is 1.56 bits per heavy atom. The van der Waals surface area contributed by atoms with Crippen LogP contribution in [-0.2, 0) is 15.9 Å². The molecular formula is C14H18O2. The Morgan fingerprint density at radius 2 is 2.25 bits per heavy atom. The van der Waals surface area contributed by atoms with E-state index in [1.165, 1.54) is 0 Å². The molecule has 3 atom stereocenters. The standard InChI is InChI=1S/C14H18O2/c1-3-7-12(2)16-14(15)11-10-13-8-5-4-6-9-13/h3-6,8-9,12H,1,7,10-11H2,2H3/i10D,11D. The molecule has 2 heteroatoms. The summed E-state index contributed by atoms with van der Waals surface area (Å²) in [5.41, 5.74) is 0.644. The minimum absolute atomic E-state index is 0.300. The van der Waals surface area contributed by atoms with Gasteiger partial charge < -0.3 is 4.74 Å². The molecule has 0 saturated carbocycles. The van der Waals surface area contributed by atoms with Crippen LogP contribution in [0.2, 0.25) is 0 Å². The lowest BCUT2D eigenvalue weighted by molar-refractivity contribution is -0.147. The molecule has 0 aliphatic heterocycles. The second kappa shape index (κ2) is 6.83. The number of aryl methyl sites for hydroxylation is 1. The lowest BCUT2D eigenvalue weighted by Gasteiger charge is -2.10. The van der Waals surface area contributed by atoms with Crippen molar-refractivity contribution >= 4 is 5.97 Å². The second-order valence-corrected chi connectivity index (χ2v) is 3.52. The third-order valence-electron chi connectivity index (χ3n) is 2.03. The van der Waals surface area contributed by atoms with Gasteiger partial charge in [0.25, 0.3) is 0 Å². The molecule has 1 rings (SSSR count). The number of ether oxygens (including phenoxy) is 1. The molecule has 0 aromatic heterocycles. The predicted molar refractivity (Wildman–Crippen MR) is 65.1 cm³/mol. The second-order valence-electron chi connectivity index (χ2n) is 3.52. The zero-order valence-electron chi connectivity index (χ0n) is 11.4. The molecule has 0 N–H and O–H groups in total. The summed E-state index contributed by atoms with van der Waals surface area (Å²) < 4.78 is 20.7. The van der Waals surface area contributed by atoms with Crippen LogP contribution >= 0.6 is 0 Å². The van der Waals surface area contributed by atoms with Gasteiger partial charge in [-0.25, -0.2) is 0 Å². The largest absolute Gasteiger partial charge is 0.462 e. The van der Waals surface area contributed by atoms with Crippen LogP contribution in [-0.4, -0.2) is 12.1 Å². The normalized spacial score (nSPS) is 17.6. The van der Waals surface area contributed by atoms with Crippen molar-refractivity contribution in [3.8, 4) is 0 Å². The summed E-state index contributed by atoms with van der Waals surface area (Å²) in [5, 5.41) is 0. The molecule has 86 valence electrons. The smallest absolute Gasteiger partial charge is 0.306 e. The molecule has 1 aromatic rings. The fourth-order valence-electron chi connectivity index (χ4n) is 1.25. The van der Waals surface area contributed by atoms with E-state index in [9.17, 15) is 4.79 Å². The Labute approximate surface area is 99.7 Å². The van der Waals surface area contributed by atoms with Crippen LogP contribution < -0.4 is 0 Å². The van der Waals surface area contributed by atoms with Gasteiger partial charge in [0.15, 0.2) is 0 Å². The van der Waals surface area contributed by atoms with Crippen molar-refractivity contribution in [2.24, 2.45) is 0 Å². The van der Waals surface area contributed by atoms with Gasteiger partial charge in [-0.15, -0.1) is 6.58 Å². The highest BCUT2D eigenvalue weighted by Gasteiger charge is 2.07. The van der Waals surface area contributed by atoms with Gasteiger partial charge in [0.2, 0.25) is 0 Å². The molecule has 1 aromatic carbocycles. The van der Waals surface area contributed by atoms with Crippen molar-refractivity contribution in [2.45, 2.75) is 32.2 Å². The number of esters is 1. The van der Waals surface area contributed by atoms with Crippen LogP contribution in [0.5, 0.6) is 0 Å². The molecule has 0 fully saturated rings. The van der Waals surface area contributed by atoms with Gasteiger partial charge in [-0.3, -0.25) is 4.79 Å². The quantitative estimate of drug-likeness (QED) is 0.544. The summed E-state index contributed by atoms with van der Waals surface area (Å²) in [5.74, 6) is -0.659.